The van der Waals surface area contributed by atoms with Crippen LogP contribution in [0, 0.1) is 0 Å². The molecule has 4 rings (SSSR count). The number of aromatic amines is 1. The van der Waals surface area contributed by atoms with Crippen molar-refractivity contribution in [3.8, 4) is 0 Å². The Labute approximate surface area is 150 Å². The highest BCUT2D eigenvalue weighted by Gasteiger charge is 2.27. The number of fused-ring (bicyclic) bond motifs is 1. The molecule has 25 heavy (non-hydrogen) atoms. The van der Waals surface area contributed by atoms with E-state index in [2.05, 4.69) is 26.0 Å². The number of aromatic nitrogens is 3. The first-order chi connectivity index (χ1) is 12.0. The van der Waals surface area contributed by atoms with Crippen LogP contribution >= 0.6 is 15.9 Å². The molecule has 0 bridgehead atoms. The van der Waals surface area contributed by atoms with Crippen molar-refractivity contribution in [2.24, 2.45) is 0 Å². The van der Waals surface area contributed by atoms with Crippen LogP contribution < -0.4 is 0 Å². The number of piperidine rings is 1. The number of nitrogens with zero attached hydrogens (tertiary/aromatic N) is 3. The summed E-state index contributed by atoms with van der Waals surface area (Å²) in [5.74, 6) is -1.24. The number of carboxylic acid groups (broad SMARTS) is 1. The van der Waals surface area contributed by atoms with Gasteiger partial charge in [0.25, 0.3) is 5.91 Å². The van der Waals surface area contributed by atoms with Crippen molar-refractivity contribution >= 4 is 38.9 Å². The number of aromatic carboxylic acids is 1. The van der Waals surface area contributed by atoms with E-state index in [0.29, 0.717) is 29.9 Å². The lowest BCUT2D eigenvalue weighted by Gasteiger charge is -2.31. The molecule has 3 aromatic heterocycles. The van der Waals surface area contributed by atoms with Gasteiger partial charge in [0, 0.05) is 25.4 Å². The Hall–Kier alpha value is -2.55. The van der Waals surface area contributed by atoms with E-state index >= 15 is 0 Å². The van der Waals surface area contributed by atoms with Crippen LogP contribution in [0.15, 0.2) is 33.6 Å². The number of nitrogens with one attached hydrogen (secondary N) is 1. The molecule has 0 radical (unpaired) electrons. The Morgan fingerprint density at radius 3 is 2.76 bits per heavy atom. The van der Waals surface area contributed by atoms with Crippen LogP contribution in [0.1, 0.15) is 39.7 Å². The zero-order valence-corrected chi connectivity index (χ0v) is 14.7. The smallest absolute Gasteiger partial charge is 0.341 e. The van der Waals surface area contributed by atoms with Gasteiger partial charge in [-0.25, -0.2) is 4.79 Å². The molecule has 1 fully saturated rings. The van der Waals surface area contributed by atoms with Gasteiger partial charge in [0.15, 0.2) is 5.58 Å². The first-order valence-electron chi connectivity index (χ1n) is 7.85. The van der Waals surface area contributed by atoms with E-state index in [0.717, 1.165) is 17.3 Å². The summed E-state index contributed by atoms with van der Waals surface area (Å²) in [6, 6.07) is 1.83. The van der Waals surface area contributed by atoms with Crippen LogP contribution in [0.3, 0.4) is 0 Å². The number of hydrogen-bond donors (Lipinski definition) is 2. The van der Waals surface area contributed by atoms with Crippen LogP contribution in [0.25, 0.3) is 11.1 Å². The average Bonchev–Trinajstić information content (AvgIpc) is 3.29. The summed E-state index contributed by atoms with van der Waals surface area (Å²) in [5.41, 5.74) is 1.08. The fourth-order valence-electron chi connectivity index (χ4n) is 3.20. The minimum absolute atomic E-state index is 0.0250. The summed E-state index contributed by atoms with van der Waals surface area (Å²) in [6.07, 6.45) is 6.50. The molecule has 130 valence electrons. The maximum absolute atomic E-state index is 12.7. The number of likely N-dealkylation sites (tertiary alicyclic amines) is 1. The summed E-state index contributed by atoms with van der Waals surface area (Å²) >= 11 is 3.39. The molecule has 9 heteroatoms. The normalized spacial score (nSPS) is 15.8. The molecule has 1 aliphatic rings. The molecule has 0 aliphatic carbocycles. The van der Waals surface area contributed by atoms with Gasteiger partial charge in [0.05, 0.1) is 22.2 Å². The van der Waals surface area contributed by atoms with Crippen LogP contribution in [0.2, 0.25) is 0 Å². The predicted octanol–water partition coefficient (Wildman–Crippen LogP) is 2.90. The van der Waals surface area contributed by atoms with Crippen LogP contribution in [0.5, 0.6) is 0 Å². The number of H-pyrrole nitrogens is 1. The lowest BCUT2D eigenvalue weighted by atomic mass is 10.1. The van der Waals surface area contributed by atoms with Crippen LogP contribution in [-0.2, 0) is 0 Å². The van der Waals surface area contributed by atoms with Crippen molar-refractivity contribution < 1.29 is 19.1 Å². The number of carbonyl (C=O) groups excluding carboxylic acids is 1. The molecule has 0 aromatic carbocycles. The second-order valence-corrected chi connectivity index (χ2v) is 6.95. The zero-order valence-electron chi connectivity index (χ0n) is 13.1. The first-order valence-corrected chi connectivity index (χ1v) is 8.64. The number of carboxylic acids is 1. The predicted molar refractivity (Wildman–Crippen MR) is 91.6 cm³/mol. The molecule has 1 saturated heterocycles. The second kappa shape index (κ2) is 6.07. The fourth-order valence-corrected chi connectivity index (χ4v) is 3.50. The van der Waals surface area contributed by atoms with Gasteiger partial charge in [-0.05, 0) is 28.8 Å². The highest BCUT2D eigenvalue weighted by Crippen LogP contribution is 2.26. The van der Waals surface area contributed by atoms with Gasteiger partial charge in [-0.3, -0.25) is 9.48 Å². The average molecular weight is 407 g/mol. The number of amides is 1. The molecule has 1 aliphatic heterocycles. The summed E-state index contributed by atoms with van der Waals surface area (Å²) in [6.45, 7) is 1.24. The van der Waals surface area contributed by atoms with Crippen molar-refractivity contribution in [1.82, 2.24) is 19.7 Å². The third-order valence-corrected chi connectivity index (χ3v) is 4.92. The van der Waals surface area contributed by atoms with Crippen molar-refractivity contribution in [1.29, 1.82) is 0 Å². The van der Waals surface area contributed by atoms with Crippen LogP contribution in [0.4, 0.5) is 0 Å². The molecule has 8 nitrogen and oxygen atoms in total. The van der Waals surface area contributed by atoms with Gasteiger partial charge in [0.2, 0.25) is 0 Å². The van der Waals surface area contributed by atoms with E-state index < -0.39 is 5.97 Å². The molecule has 4 heterocycles. The van der Waals surface area contributed by atoms with Crippen molar-refractivity contribution in [2.75, 3.05) is 13.1 Å². The zero-order chi connectivity index (χ0) is 17.6. The summed E-state index contributed by atoms with van der Waals surface area (Å²) in [4.78, 5) is 28.5. The molecular formula is C16H15BrN4O4. The Kier molecular flexibility index (Phi) is 3.87. The number of carbonyl (C=O) groups is 2. The number of hydrogen-bond acceptors (Lipinski definition) is 4. The molecule has 2 N–H and O–H groups in total. The van der Waals surface area contributed by atoms with E-state index in [1.807, 2.05) is 10.9 Å². The van der Waals surface area contributed by atoms with Crippen molar-refractivity contribution in [2.45, 2.75) is 18.9 Å². The fraction of sp³-hybridized carbons (Fsp3) is 0.312. The molecule has 3 aromatic rings. The summed E-state index contributed by atoms with van der Waals surface area (Å²) in [5, 5.41) is 13.4. The largest absolute Gasteiger partial charge is 0.477 e. The van der Waals surface area contributed by atoms with Gasteiger partial charge < -0.3 is 19.4 Å². The lowest BCUT2D eigenvalue weighted by Crippen LogP contribution is -2.39. The van der Waals surface area contributed by atoms with E-state index in [1.54, 1.807) is 17.2 Å². The number of halogens is 1. The minimum Gasteiger partial charge on any atom is -0.477 e. The summed E-state index contributed by atoms with van der Waals surface area (Å²) < 4.78 is 8.07. The molecular weight excluding hydrogens is 392 g/mol. The van der Waals surface area contributed by atoms with E-state index in [1.165, 1.54) is 6.26 Å². The highest BCUT2D eigenvalue weighted by atomic mass is 79.9. The Morgan fingerprint density at radius 1 is 1.36 bits per heavy atom. The second-order valence-electron chi connectivity index (χ2n) is 6.04. The van der Waals surface area contributed by atoms with Crippen molar-refractivity contribution in [3.05, 3.63) is 40.5 Å². The number of rotatable bonds is 3. The Morgan fingerprint density at radius 2 is 2.12 bits per heavy atom. The molecule has 0 saturated carbocycles. The molecule has 1 amide bonds. The maximum Gasteiger partial charge on any atom is 0.341 e. The van der Waals surface area contributed by atoms with E-state index in [-0.39, 0.29) is 17.5 Å². The Balaban J connectivity index is 1.48. The topological polar surface area (TPSA) is 104 Å². The third-order valence-electron chi connectivity index (χ3n) is 4.51. The van der Waals surface area contributed by atoms with Gasteiger partial charge >= 0.3 is 5.97 Å². The standard InChI is InChI=1S/C16H15BrN4O4/c17-9-6-18-21(7-9)10-1-3-20(4-2-10)15(22)12-5-13-14(19-12)11(8-25-13)16(23)24/h5-8,10,19H,1-4H2,(H,23,24). The molecule has 0 unspecified atom stereocenters. The van der Waals surface area contributed by atoms with Crippen molar-refractivity contribution in [3.63, 3.8) is 0 Å². The molecule has 0 atom stereocenters. The lowest BCUT2D eigenvalue weighted by molar-refractivity contribution is 0.0678. The van der Waals surface area contributed by atoms with Crippen LogP contribution in [-0.4, -0.2) is 49.7 Å². The first kappa shape index (κ1) is 15.9. The van der Waals surface area contributed by atoms with E-state index in [9.17, 15) is 9.59 Å². The van der Waals surface area contributed by atoms with Gasteiger partial charge in [0.1, 0.15) is 17.5 Å². The quantitative estimate of drug-likeness (QED) is 0.695. The highest BCUT2D eigenvalue weighted by molar-refractivity contribution is 9.10. The summed E-state index contributed by atoms with van der Waals surface area (Å²) in [7, 11) is 0. The SMILES string of the molecule is O=C(O)c1coc2cc(C(=O)N3CCC(n4cc(Br)cn4)CC3)[nH]c12. The number of furan rings is 1. The maximum atomic E-state index is 12.7. The van der Waals surface area contributed by atoms with Gasteiger partial charge in [-0.15, -0.1) is 0 Å². The molecule has 0 spiro atoms. The third kappa shape index (κ3) is 2.84. The van der Waals surface area contributed by atoms with Gasteiger partial charge in [-0.2, -0.15) is 5.10 Å². The monoisotopic (exact) mass is 406 g/mol. The van der Waals surface area contributed by atoms with Gasteiger partial charge in [-0.1, -0.05) is 0 Å². The van der Waals surface area contributed by atoms with E-state index in [4.69, 9.17) is 9.52 Å². The minimum atomic E-state index is -1.09. The Bertz CT molecular complexity index is 949.